The van der Waals surface area contributed by atoms with E-state index in [-0.39, 0.29) is 0 Å². The number of nitrogens with zero attached hydrogens (tertiary/aromatic N) is 2. The number of imidazole rings is 1. The van der Waals surface area contributed by atoms with Gasteiger partial charge >= 0.3 is 0 Å². The second kappa shape index (κ2) is 3.58. The Morgan fingerprint density at radius 2 is 2.06 bits per heavy atom. The van der Waals surface area contributed by atoms with Gasteiger partial charge in [0.05, 0.1) is 9.21 Å². The zero-order valence-electron chi connectivity index (χ0n) is 8.82. The second-order valence-electron chi connectivity index (χ2n) is 3.63. The van der Waals surface area contributed by atoms with Crippen LogP contribution in [0.15, 0.2) is 18.3 Å². The first kappa shape index (κ1) is 10.3. The van der Waals surface area contributed by atoms with Crippen LogP contribution in [-0.2, 0) is 0 Å². The molecule has 0 aromatic carbocycles. The van der Waals surface area contributed by atoms with Crippen LogP contribution in [0.1, 0.15) is 10.6 Å². The van der Waals surface area contributed by atoms with Crippen LogP contribution in [0, 0.1) is 13.8 Å². The predicted octanol–water partition coefficient (Wildman–Crippen LogP) is 4.39. The third kappa shape index (κ3) is 1.49. The van der Waals surface area contributed by atoms with E-state index in [1.807, 2.05) is 12.1 Å². The summed E-state index contributed by atoms with van der Waals surface area (Å²) in [6.45, 7) is 4.24. The SMILES string of the molecule is Cc1sc2nc(-c3ccc(Cl)s3)cn2c1C. The van der Waals surface area contributed by atoms with Gasteiger partial charge in [-0.25, -0.2) is 4.98 Å². The highest BCUT2D eigenvalue weighted by Gasteiger charge is 2.11. The number of halogens is 1. The van der Waals surface area contributed by atoms with Gasteiger partial charge in [-0.2, -0.15) is 0 Å². The Morgan fingerprint density at radius 3 is 2.69 bits per heavy atom. The summed E-state index contributed by atoms with van der Waals surface area (Å²) in [5, 5.41) is 0. The average Bonchev–Trinajstić information content (AvgIpc) is 2.87. The number of aromatic nitrogens is 2. The highest BCUT2D eigenvalue weighted by atomic mass is 35.5. The van der Waals surface area contributed by atoms with Crippen molar-refractivity contribution >= 4 is 39.2 Å². The van der Waals surface area contributed by atoms with Crippen molar-refractivity contribution in [2.75, 3.05) is 0 Å². The van der Waals surface area contributed by atoms with Crippen LogP contribution in [0.3, 0.4) is 0 Å². The van der Waals surface area contributed by atoms with Gasteiger partial charge in [-0.3, -0.25) is 4.40 Å². The number of aryl methyl sites for hydroxylation is 2. The summed E-state index contributed by atoms with van der Waals surface area (Å²) in [5.74, 6) is 0. The zero-order valence-corrected chi connectivity index (χ0v) is 11.2. The molecule has 0 fully saturated rings. The summed E-state index contributed by atoms with van der Waals surface area (Å²) in [6.07, 6.45) is 2.08. The second-order valence-corrected chi connectivity index (χ2v) is 6.52. The lowest BCUT2D eigenvalue weighted by Crippen LogP contribution is -1.81. The molecule has 5 heteroatoms. The molecule has 16 heavy (non-hydrogen) atoms. The fourth-order valence-electron chi connectivity index (χ4n) is 1.63. The summed E-state index contributed by atoms with van der Waals surface area (Å²) in [5.41, 5.74) is 2.27. The molecule has 0 saturated heterocycles. The molecular weight excluding hydrogens is 260 g/mol. The first-order chi connectivity index (χ1) is 7.65. The molecule has 3 heterocycles. The highest BCUT2D eigenvalue weighted by molar-refractivity contribution is 7.19. The van der Waals surface area contributed by atoms with Gasteiger partial charge in [0.1, 0.15) is 5.69 Å². The van der Waals surface area contributed by atoms with E-state index in [1.165, 1.54) is 10.6 Å². The average molecular weight is 269 g/mol. The Bertz CT molecular complexity index is 663. The lowest BCUT2D eigenvalue weighted by molar-refractivity contribution is 1.11. The van der Waals surface area contributed by atoms with E-state index in [2.05, 4.69) is 29.4 Å². The van der Waals surface area contributed by atoms with Crippen molar-refractivity contribution in [2.45, 2.75) is 13.8 Å². The van der Waals surface area contributed by atoms with E-state index < -0.39 is 0 Å². The van der Waals surface area contributed by atoms with Crippen molar-refractivity contribution in [3.05, 3.63) is 33.2 Å². The first-order valence-electron chi connectivity index (χ1n) is 4.86. The van der Waals surface area contributed by atoms with Crippen molar-refractivity contribution in [1.29, 1.82) is 0 Å². The van der Waals surface area contributed by atoms with Crippen molar-refractivity contribution in [3.8, 4) is 10.6 Å². The van der Waals surface area contributed by atoms with Crippen LogP contribution in [0.4, 0.5) is 0 Å². The van der Waals surface area contributed by atoms with Crippen molar-refractivity contribution in [2.24, 2.45) is 0 Å². The molecule has 82 valence electrons. The highest BCUT2D eigenvalue weighted by Crippen LogP contribution is 2.32. The van der Waals surface area contributed by atoms with Gasteiger partial charge in [-0.1, -0.05) is 11.6 Å². The summed E-state index contributed by atoms with van der Waals surface area (Å²) in [7, 11) is 0. The Kier molecular flexibility index (Phi) is 2.31. The molecule has 3 aromatic heterocycles. The van der Waals surface area contributed by atoms with Gasteiger partial charge in [0.15, 0.2) is 4.96 Å². The molecule has 0 spiro atoms. The Balaban J connectivity index is 2.19. The van der Waals surface area contributed by atoms with Crippen LogP contribution in [-0.4, -0.2) is 9.38 Å². The summed E-state index contributed by atoms with van der Waals surface area (Å²) < 4.78 is 2.95. The molecule has 0 unspecified atom stereocenters. The van der Waals surface area contributed by atoms with E-state index >= 15 is 0 Å². The maximum absolute atomic E-state index is 5.93. The van der Waals surface area contributed by atoms with E-state index in [0.717, 1.165) is 19.9 Å². The van der Waals surface area contributed by atoms with Crippen LogP contribution in [0.5, 0.6) is 0 Å². The van der Waals surface area contributed by atoms with Crippen LogP contribution < -0.4 is 0 Å². The fraction of sp³-hybridized carbons (Fsp3) is 0.182. The van der Waals surface area contributed by atoms with Crippen molar-refractivity contribution in [3.63, 3.8) is 0 Å². The lowest BCUT2D eigenvalue weighted by Gasteiger charge is -1.90. The van der Waals surface area contributed by atoms with Gasteiger partial charge in [0.2, 0.25) is 0 Å². The number of fused-ring (bicyclic) bond motifs is 1. The van der Waals surface area contributed by atoms with Gasteiger partial charge in [0, 0.05) is 16.8 Å². The third-order valence-corrected chi connectivity index (χ3v) is 4.94. The number of rotatable bonds is 1. The molecule has 0 aliphatic carbocycles. The molecule has 2 nitrogen and oxygen atoms in total. The van der Waals surface area contributed by atoms with E-state index in [4.69, 9.17) is 11.6 Å². The van der Waals surface area contributed by atoms with Crippen molar-refractivity contribution < 1.29 is 0 Å². The molecule has 0 aliphatic rings. The molecule has 0 N–H and O–H groups in total. The summed E-state index contributed by atoms with van der Waals surface area (Å²) >= 11 is 9.21. The third-order valence-electron chi connectivity index (χ3n) is 2.61. The summed E-state index contributed by atoms with van der Waals surface area (Å²) in [6, 6.07) is 3.93. The number of thiazole rings is 1. The topological polar surface area (TPSA) is 17.3 Å². The number of hydrogen-bond donors (Lipinski definition) is 0. The Labute approximate surface area is 106 Å². The lowest BCUT2D eigenvalue weighted by atomic mass is 10.4. The van der Waals surface area contributed by atoms with Crippen LogP contribution in [0.25, 0.3) is 15.5 Å². The molecule has 0 saturated carbocycles. The molecular formula is C11H9ClN2S2. The van der Waals surface area contributed by atoms with Crippen LogP contribution in [0.2, 0.25) is 4.34 Å². The predicted molar refractivity (Wildman–Crippen MR) is 70.9 cm³/mol. The molecule has 3 aromatic rings. The van der Waals surface area contributed by atoms with Gasteiger partial charge < -0.3 is 0 Å². The molecule has 0 aliphatic heterocycles. The first-order valence-corrected chi connectivity index (χ1v) is 6.87. The Morgan fingerprint density at radius 1 is 1.25 bits per heavy atom. The van der Waals surface area contributed by atoms with Gasteiger partial charge in [-0.05, 0) is 26.0 Å². The normalized spacial score (nSPS) is 11.4. The van der Waals surface area contributed by atoms with Crippen molar-refractivity contribution in [1.82, 2.24) is 9.38 Å². The fourth-order valence-corrected chi connectivity index (χ4v) is 3.58. The summed E-state index contributed by atoms with van der Waals surface area (Å²) in [4.78, 5) is 8.10. The molecule has 0 atom stereocenters. The van der Waals surface area contributed by atoms with E-state index in [0.29, 0.717) is 0 Å². The smallest absolute Gasteiger partial charge is 0.194 e. The number of hydrogen-bond acceptors (Lipinski definition) is 3. The van der Waals surface area contributed by atoms with Crippen LogP contribution >= 0.6 is 34.3 Å². The zero-order chi connectivity index (χ0) is 11.3. The monoisotopic (exact) mass is 268 g/mol. The maximum atomic E-state index is 5.93. The van der Waals surface area contributed by atoms with Gasteiger partial charge in [-0.15, -0.1) is 22.7 Å². The molecule has 0 amide bonds. The maximum Gasteiger partial charge on any atom is 0.194 e. The van der Waals surface area contributed by atoms with Gasteiger partial charge in [0.25, 0.3) is 0 Å². The molecule has 3 rings (SSSR count). The quantitative estimate of drug-likeness (QED) is 0.640. The molecule has 0 radical (unpaired) electrons. The van der Waals surface area contributed by atoms with E-state index in [1.54, 1.807) is 22.7 Å². The minimum absolute atomic E-state index is 0.805. The largest absolute Gasteiger partial charge is 0.294 e. The number of thiophene rings is 1. The standard InChI is InChI=1S/C11H9ClN2S2/c1-6-7(2)15-11-13-8(5-14(6)11)9-3-4-10(12)16-9/h3-5H,1-2H3. The minimum atomic E-state index is 0.805. The Hall–Kier alpha value is -0.840. The van der Waals surface area contributed by atoms with E-state index in [9.17, 15) is 0 Å². The minimum Gasteiger partial charge on any atom is -0.294 e. The molecule has 0 bridgehead atoms.